The second-order valence-electron chi connectivity index (χ2n) is 11.5. The van der Waals surface area contributed by atoms with Crippen LogP contribution in [0.1, 0.15) is 0 Å². The molecule has 0 amide bonds. The number of rotatable bonds is 3. The minimum atomic E-state index is 0.920. The van der Waals surface area contributed by atoms with Crippen molar-refractivity contribution < 1.29 is 0 Å². The smallest absolute Gasteiger partial charge is 0.0965 e. The van der Waals surface area contributed by atoms with Crippen LogP contribution in [0.5, 0.6) is 0 Å². The van der Waals surface area contributed by atoms with Crippen molar-refractivity contribution in [3.05, 3.63) is 158 Å². The van der Waals surface area contributed by atoms with Crippen LogP contribution >= 0.6 is 0 Å². The molecule has 0 bridgehead atoms. The van der Waals surface area contributed by atoms with Gasteiger partial charge in [0.15, 0.2) is 0 Å². The molecule has 44 heavy (non-hydrogen) atoms. The van der Waals surface area contributed by atoms with E-state index in [1.807, 2.05) is 12.4 Å². The molecule has 0 saturated heterocycles. The van der Waals surface area contributed by atoms with Crippen molar-refractivity contribution in [2.24, 2.45) is 0 Å². The van der Waals surface area contributed by atoms with Crippen molar-refractivity contribution in [1.29, 1.82) is 0 Å². The van der Waals surface area contributed by atoms with Gasteiger partial charge in [0.25, 0.3) is 0 Å². The van der Waals surface area contributed by atoms with Crippen molar-refractivity contribution >= 4 is 54.1 Å². The summed E-state index contributed by atoms with van der Waals surface area (Å²) in [6, 6.07) is 52.2. The quantitative estimate of drug-likeness (QED) is 0.202. The molecule has 0 saturated carbocycles. The molecule has 9 rings (SSSR count). The van der Waals surface area contributed by atoms with Gasteiger partial charge in [-0.1, -0.05) is 115 Å². The molecule has 0 atom stereocenters. The van der Waals surface area contributed by atoms with E-state index in [9.17, 15) is 0 Å². The van der Waals surface area contributed by atoms with E-state index in [4.69, 9.17) is 9.97 Å². The fourth-order valence-corrected chi connectivity index (χ4v) is 6.72. The van der Waals surface area contributed by atoms with Crippen LogP contribution in [0, 0.1) is 0 Å². The maximum absolute atomic E-state index is 5.03. The molecule has 0 radical (unpaired) electrons. The van der Waals surface area contributed by atoms with Gasteiger partial charge in [-0.3, -0.25) is 9.97 Å². The number of pyridine rings is 2. The van der Waals surface area contributed by atoms with Crippen molar-refractivity contribution in [2.75, 3.05) is 0 Å². The summed E-state index contributed by atoms with van der Waals surface area (Å²) in [6.07, 6.45) is 4.01. The van der Waals surface area contributed by atoms with Gasteiger partial charge in [-0.2, -0.15) is 0 Å². The minimum absolute atomic E-state index is 0.920. The second-order valence-corrected chi connectivity index (χ2v) is 11.5. The van der Waals surface area contributed by atoms with Crippen LogP contribution in [0.3, 0.4) is 0 Å². The predicted octanol–water partition coefficient (Wildman–Crippen LogP) is 11.2. The van der Waals surface area contributed by atoms with E-state index in [1.54, 1.807) is 0 Å². The van der Waals surface area contributed by atoms with Crippen LogP contribution in [0.25, 0.3) is 87.5 Å². The van der Waals surface area contributed by atoms with Crippen molar-refractivity contribution in [3.8, 4) is 33.4 Å². The zero-order chi connectivity index (χ0) is 29.0. The highest BCUT2D eigenvalue weighted by Crippen LogP contribution is 2.39. The third-order valence-corrected chi connectivity index (χ3v) is 8.86. The number of aromatic nitrogens is 2. The Labute approximate surface area is 254 Å². The van der Waals surface area contributed by atoms with Crippen molar-refractivity contribution in [3.63, 3.8) is 0 Å². The number of nitrogens with zero attached hydrogens (tertiary/aromatic N) is 2. The molecule has 2 heteroatoms. The fraction of sp³-hybridized carbons (Fsp3) is 0. The van der Waals surface area contributed by atoms with E-state index in [1.165, 1.54) is 54.6 Å². The molecular weight excluding hydrogens is 532 g/mol. The summed E-state index contributed by atoms with van der Waals surface area (Å²) in [5.41, 5.74) is 8.82. The first-order valence-electron chi connectivity index (χ1n) is 15.0. The fourth-order valence-electron chi connectivity index (χ4n) is 6.72. The van der Waals surface area contributed by atoms with Crippen LogP contribution in [-0.4, -0.2) is 9.97 Å². The van der Waals surface area contributed by atoms with Gasteiger partial charge in [0, 0.05) is 34.3 Å². The molecule has 2 aromatic heterocycles. The Balaban J connectivity index is 1.20. The summed E-state index contributed by atoms with van der Waals surface area (Å²) in [4.78, 5) is 10.0. The van der Waals surface area contributed by atoms with Crippen LogP contribution in [0.15, 0.2) is 158 Å². The van der Waals surface area contributed by atoms with Crippen LogP contribution in [0.2, 0.25) is 0 Å². The summed E-state index contributed by atoms with van der Waals surface area (Å²) < 4.78 is 0. The SMILES string of the molecule is c1ccc(-c2cc3ccccc3cc2-c2cnc3c(ccc4cc(-c5cc6ccccc6c6ccccc56)cnc43)c2)cc1. The summed E-state index contributed by atoms with van der Waals surface area (Å²) in [6.45, 7) is 0. The van der Waals surface area contributed by atoms with E-state index in [0.29, 0.717) is 0 Å². The lowest BCUT2D eigenvalue weighted by atomic mass is 9.91. The molecule has 7 aromatic carbocycles. The van der Waals surface area contributed by atoms with Crippen LogP contribution in [-0.2, 0) is 0 Å². The standard InChI is InChI=1S/C42H26N2/c1-2-10-27(11-3-1)38-22-28-12-4-5-13-29(28)23-40(38)34-21-32-19-18-31-20-33(25-43-41(31)42(32)44-26-34)39-24-30-14-6-7-15-35(30)36-16-8-9-17-37(36)39/h1-26H. The topological polar surface area (TPSA) is 25.8 Å². The first kappa shape index (κ1) is 24.7. The van der Waals surface area contributed by atoms with E-state index in [-0.39, 0.29) is 0 Å². The molecule has 0 unspecified atom stereocenters. The number of hydrogen-bond acceptors (Lipinski definition) is 2. The highest BCUT2D eigenvalue weighted by atomic mass is 14.7. The lowest BCUT2D eigenvalue weighted by Gasteiger charge is -2.14. The maximum atomic E-state index is 5.03. The zero-order valence-electron chi connectivity index (χ0n) is 23.9. The van der Waals surface area contributed by atoms with Gasteiger partial charge in [-0.15, -0.1) is 0 Å². The predicted molar refractivity (Wildman–Crippen MR) is 186 cm³/mol. The molecule has 0 aliphatic heterocycles. The highest BCUT2D eigenvalue weighted by Gasteiger charge is 2.14. The second kappa shape index (κ2) is 9.86. The highest BCUT2D eigenvalue weighted by molar-refractivity contribution is 6.14. The third kappa shape index (κ3) is 3.96. The number of benzene rings is 7. The lowest BCUT2D eigenvalue weighted by Crippen LogP contribution is -1.91. The third-order valence-electron chi connectivity index (χ3n) is 8.86. The van der Waals surface area contributed by atoms with Gasteiger partial charge in [0.2, 0.25) is 0 Å². The summed E-state index contributed by atoms with van der Waals surface area (Å²) in [5, 5.41) is 9.62. The molecule has 2 nitrogen and oxygen atoms in total. The molecular formula is C42H26N2. The Morgan fingerprint density at radius 1 is 0.295 bits per heavy atom. The largest absolute Gasteiger partial charge is 0.253 e. The molecule has 0 fully saturated rings. The number of fused-ring (bicyclic) bond motifs is 7. The minimum Gasteiger partial charge on any atom is -0.253 e. The Kier molecular flexibility index (Phi) is 5.54. The lowest BCUT2D eigenvalue weighted by molar-refractivity contribution is 1.37. The summed E-state index contributed by atoms with van der Waals surface area (Å²) in [5.74, 6) is 0. The summed E-state index contributed by atoms with van der Waals surface area (Å²) in [7, 11) is 0. The molecule has 0 aliphatic rings. The molecule has 0 spiro atoms. The normalized spacial score (nSPS) is 11.6. The van der Waals surface area contributed by atoms with Gasteiger partial charge < -0.3 is 0 Å². The number of hydrogen-bond donors (Lipinski definition) is 0. The van der Waals surface area contributed by atoms with E-state index in [0.717, 1.165) is 32.9 Å². The molecule has 2 heterocycles. The monoisotopic (exact) mass is 558 g/mol. The molecule has 0 aliphatic carbocycles. The Morgan fingerprint density at radius 2 is 0.773 bits per heavy atom. The van der Waals surface area contributed by atoms with Gasteiger partial charge >= 0.3 is 0 Å². The zero-order valence-corrected chi connectivity index (χ0v) is 23.9. The molecule has 0 N–H and O–H groups in total. The Hall–Kier alpha value is -5.86. The first-order valence-corrected chi connectivity index (χ1v) is 15.0. The van der Waals surface area contributed by atoms with Gasteiger partial charge in [0.1, 0.15) is 0 Å². The van der Waals surface area contributed by atoms with Gasteiger partial charge in [-0.25, -0.2) is 0 Å². The van der Waals surface area contributed by atoms with Crippen molar-refractivity contribution in [2.45, 2.75) is 0 Å². The van der Waals surface area contributed by atoms with E-state index < -0.39 is 0 Å². The molecule has 9 aromatic rings. The van der Waals surface area contributed by atoms with Gasteiger partial charge in [-0.05, 0) is 84.9 Å². The summed E-state index contributed by atoms with van der Waals surface area (Å²) >= 11 is 0. The average molecular weight is 559 g/mol. The van der Waals surface area contributed by atoms with Gasteiger partial charge in [0.05, 0.1) is 11.0 Å². The van der Waals surface area contributed by atoms with Crippen LogP contribution < -0.4 is 0 Å². The maximum Gasteiger partial charge on any atom is 0.0965 e. The average Bonchev–Trinajstić information content (AvgIpc) is 3.10. The Morgan fingerprint density at radius 3 is 1.43 bits per heavy atom. The van der Waals surface area contributed by atoms with E-state index in [2.05, 4.69) is 146 Å². The van der Waals surface area contributed by atoms with Crippen LogP contribution in [0.4, 0.5) is 0 Å². The van der Waals surface area contributed by atoms with Crippen molar-refractivity contribution in [1.82, 2.24) is 9.97 Å². The molecule has 204 valence electrons. The Bertz CT molecular complexity index is 2550. The van der Waals surface area contributed by atoms with E-state index >= 15 is 0 Å². The first-order chi connectivity index (χ1) is 21.8.